The Bertz CT molecular complexity index is 495. The van der Waals surface area contributed by atoms with Crippen LogP contribution in [0.15, 0.2) is 22.7 Å². The van der Waals surface area contributed by atoms with Crippen LogP contribution in [0.1, 0.15) is 32.1 Å². The normalized spacial score (nSPS) is 31.6. The van der Waals surface area contributed by atoms with Crippen molar-refractivity contribution in [1.29, 1.82) is 0 Å². The predicted octanol–water partition coefficient (Wildman–Crippen LogP) is 3.75. The SMILES string of the molecule is [B][P+](C1C=CC=C(Br)C1)(N1CCC[C@@H]1COC)N1CCC[C@@H]1COC. The van der Waals surface area contributed by atoms with Crippen LogP contribution in [0.4, 0.5) is 0 Å². The molecule has 25 heavy (non-hydrogen) atoms. The summed E-state index contributed by atoms with van der Waals surface area (Å²) in [4.78, 5) is 0. The van der Waals surface area contributed by atoms with E-state index in [1.54, 1.807) is 14.2 Å². The molecular formula is C18H30BBrN2O2P+. The van der Waals surface area contributed by atoms with Gasteiger partial charge in [0.05, 0.1) is 25.3 Å². The summed E-state index contributed by atoms with van der Waals surface area (Å²) in [6, 6.07) is 0.871. The van der Waals surface area contributed by atoms with E-state index in [2.05, 4.69) is 43.5 Å². The summed E-state index contributed by atoms with van der Waals surface area (Å²) in [6.45, 7) is 3.71. The van der Waals surface area contributed by atoms with Gasteiger partial charge in [0.15, 0.2) is 0 Å². The lowest BCUT2D eigenvalue weighted by atomic mass is 10.2. The fourth-order valence-electron chi connectivity index (χ4n) is 4.62. The van der Waals surface area contributed by atoms with E-state index in [-0.39, 0.29) is 0 Å². The Morgan fingerprint density at radius 2 is 1.68 bits per heavy atom. The van der Waals surface area contributed by atoms with E-state index in [9.17, 15) is 0 Å². The second-order valence-electron chi connectivity index (χ2n) is 7.30. The minimum atomic E-state index is -2.00. The van der Waals surface area contributed by atoms with Gasteiger partial charge in [-0.2, -0.15) is 9.34 Å². The molecule has 0 saturated carbocycles. The van der Waals surface area contributed by atoms with E-state index >= 15 is 0 Å². The first kappa shape index (κ1) is 20.0. The molecule has 2 heterocycles. The van der Waals surface area contributed by atoms with Crippen molar-refractivity contribution in [1.82, 2.24) is 9.34 Å². The first-order chi connectivity index (χ1) is 12.1. The lowest BCUT2D eigenvalue weighted by Gasteiger charge is -2.47. The van der Waals surface area contributed by atoms with Gasteiger partial charge in [-0.25, -0.2) is 0 Å². The molecule has 0 bridgehead atoms. The number of hydrogen-bond acceptors (Lipinski definition) is 4. The Hall–Kier alpha value is 0.295. The molecule has 2 fully saturated rings. The number of methoxy groups -OCH3 is 2. The highest BCUT2D eigenvalue weighted by atomic mass is 79.9. The van der Waals surface area contributed by atoms with Crippen LogP contribution in [0.2, 0.25) is 0 Å². The summed E-state index contributed by atoms with van der Waals surface area (Å²) in [6.07, 6.45) is 12.4. The molecule has 7 heteroatoms. The lowest BCUT2D eigenvalue weighted by Crippen LogP contribution is -2.47. The fourth-order valence-corrected chi connectivity index (χ4v) is 9.58. The molecule has 0 aromatic heterocycles. The molecule has 0 N–H and O–H groups in total. The topological polar surface area (TPSA) is 24.9 Å². The second-order valence-corrected chi connectivity index (χ2v) is 11.4. The van der Waals surface area contributed by atoms with Gasteiger partial charge in [0.25, 0.3) is 0 Å². The molecular weight excluding hydrogens is 398 g/mol. The van der Waals surface area contributed by atoms with Crippen LogP contribution in [0.3, 0.4) is 0 Å². The number of hydrogen-bond donors (Lipinski definition) is 0. The second kappa shape index (κ2) is 8.99. The first-order valence-electron chi connectivity index (χ1n) is 9.33. The van der Waals surface area contributed by atoms with Gasteiger partial charge in [-0.05, 0) is 36.2 Å². The molecule has 0 aromatic rings. The first-order valence-corrected chi connectivity index (χ1v) is 12.0. The van der Waals surface area contributed by atoms with Crippen molar-refractivity contribution in [3.05, 3.63) is 22.7 Å². The van der Waals surface area contributed by atoms with Crippen molar-refractivity contribution < 1.29 is 9.47 Å². The molecule has 0 amide bonds. The molecule has 0 spiro atoms. The van der Waals surface area contributed by atoms with E-state index in [0.717, 1.165) is 32.7 Å². The van der Waals surface area contributed by atoms with Gasteiger partial charge >= 0.3 is 7.57 Å². The molecule has 0 aromatic carbocycles. The molecule has 3 rings (SSSR count). The highest BCUT2D eigenvalue weighted by Gasteiger charge is 2.57. The molecule has 4 nitrogen and oxygen atoms in total. The largest absolute Gasteiger partial charge is 0.409 e. The van der Waals surface area contributed by atoms with E-state index in [4.69, 9.17) is 17.0 Å². The summed E-state index contributed by atoms with van der Waals surface area (Å²) in [7, 11) is 9.04. The third-order valence-corrected chi connectivity index (χ3v) is 10.4. The van der Waals surface area contributed by atoms with Crippen LogP contribution in [0, 0.1) is 0 Å². The Morgan fingerprint density at radius 3 is 2.16 bits per heavy atom. The minimum Gasteiger partial charge on any atom is -0.383 e. The van der Waals surface area contributed by atoms with Crippen molar-refractivity contribution >= 4 is 30.9 Å². The zero-order valence-electron chi connectivity index (χ0n) is 15.4. The maximum Gasteiger partial charge on any atom is 0.409 e. The average molecular weight is 428 g/mol. The van der Waals surface area contributed by atoms with Crippen LogP contribution in [-0.2, 0) is 9.47 Å². The third kappa shape index (κ3) is 4.10. The van der Waals surface area contributed by atoms with Crippen molar-refractivity contribution in [2.45, 2.75) is 49.8 Å². The highest BCUT2D eigenvalue weighted by Crippen LogP contribution is 2.70. The molecule has 3 atom stereocenters. The maximum atomic E-state index is 7.44. The van der Waals surface area contributed by atoms with E-state index in [1.807, 2.05) is 0 Å². The summed E-state index contributed by atoms with van der Waals surface area (Å²) in [5.74, 6) is 0. The predicted molar refractivity (Wildman–Crippen MR) is 110 cm³/mol. The summed E-state index contributed by atoms with van der Waals surface area (Å²) in [5.41, 5.74) is 0.363. The average Bonchev–Trinajstić information content (AvgIpc) is 3.25. The standard InChI is InChI=1S/C18H30BBrN2O2P/c1-23-13-16-7-4-10-21(16)25(19,18-9-3-6-15(20)12-18)22-11-5-8-17(22)14-24-2/h3,6,9,16-18H,4-5,7-8,10-14H2,1-2H3/q+1/t16-,17-,18?/m1/s1. The van der Waals surface area contributed by atoms with Crippen LogP contribution in [-0.4, -0.2) is 75.2 Å². The fraction of sp³-hybridized carbons (Fsp3) is 0.778. The van der Waals surface area contributed by atoms with Gasteiger partial charge < -0.3 is 9.47 Å². The van der Waals surface area contributed by atoms with Gasteiger partial charge in [0, 0.05) is 33.7 Å². The summed E-state index contributed by atoms with van der Waals surface area (Å²) in [5, 5.41) is 0. The number of rotatable bonds is 7. The zero-order valence-corrected chi connectivity index (χ0v) is 17.9. The van der Waals surface area contributed by atoms with Crippen LogP contribution in [0.5, 0.6) is 0 Å². The maximum absolute atomic E-state index is 7.44. The van der Waals surface area contributed by atoms with E-state index in [0.29, 0.717) is 17.7 Å². The molecule has 3 aliphatic rings. The smallest absolute Gasteiger partial charge is 0.383 e. The molecule has 1 aliphatic carbocycles. The Morgan fingerprint density at radius 1 is 1.12 bits per heavy atom. The van der Waals surface area contributed by atoms with Crippen molar-refractivity contribution in [3.63, 3.8) is 0 Å². The van der Waals surface area contributed by atoms with Gasteiger partial charge in [0.1, 0.15) is 13.1 Å². The van der Waals surface area contributed by atoms with Crippen molar-refractivity contribution in [2.75, 3.05) is 40.5 Å². The summed E-state index contributed by atoms with van der Waals surface area (Å²) < 4.78 is 17.6. The molecule has 2 aliphatic heterocycles. The van der Waals surface area contributed by atoms with E-state index in [1.165, 1.54) is 30.2 Å². The number of nitrogens with zero attached hydrogens (tertiary/aromatic N) is 2. The van der Waals surface area contributed by atoms with Gasteiger partial charge in [-0.3, -0.25) is 0 Å². The van der Waals surface area contributed by atoms with Crippen molar-refractivity contribution in [3.8, 4) is 0 Å². The lowest BCUT2D eigenvalue weighted by molar-refractivity contribution is 0.135. The van der Waals surface area contributed by atoms with Crippen LogP contribution >= 0.6 is 23.4 Å². The third-order valence-electron chi connectivity index (χ3n) is 5.74. The molecule has 2 radical (unpaired) electrons. The number of ether oxygens (including phenoxy) is 2. The minimum absolute atomic E-state index is 0.363. The Balaban J connectivity index is 1.93. The van der Waals surface area contributed by atoms with E-state index < -0.39 is 7.44 Å². The molecule has 1 unspecified atom stereocenters. The highest BCUT2D eigenvalue weighted by molar-refractivity contribution is 9.11. The van der Waals surface area contributed by atoms with Gasteiger partial charge in [-0.1, -0.05) is 28.1 Å². The summed E-state index contributed by atoms with van der Waals surface area (Å²) >= 11 is 3.72. The Kier molecular flexibility index (Phi) is 7.21. The number of halogens is 1. The Labute approximate surface area is 162 Å². The monoisotopic (exact) mass is 427 g/mol. The number of allylic oxidation sites excluding steroid dienone is 4. The van der Waals surface area contributed by atoms with Crippen LogP contribution < -0.4 is 0 Å². The van der Waals surface area contributed by atoms with Crippen molar-refractivity contribution in [2.24, 2.45) is 0 Å². The van der Waals surface area contributed by atoms with Crippen LogP contribution in [0.25, 0.3) is 0 Å². The molecule has 138 valence electrons. The molecule has 2 saturated heterocycles. The van der Waals surface area contributed by atoms with Gasteiger partial charge in [-0.15, -0.1) is 0 Å². The van der Waals surface area contributed by atoms with Gasteiger partial charge in [0.2, 0.25) is 0 Å². The quantitative estimate of drug-likeness (QED) is 0.456. The zero-order chi connectivity index (χ0) is 17.9.